The van der Waals surface area contributed by atoms with Crippen molar-refractivity contribution in [2.75, 3.05) is 0 Å². The Morgan fingerprint density at radius 3 is 2.62 bits per heavy atom. The maximum Gasteiger partial charge on any atom is -0.0151 e. The molecule has 3 aliphatic rings. The second-order valence-electron chi connectivity index (χ2n) is 3.47. The van der Waals surface area contributed by atoms with Crippen molar-refractivity contribution in [2.45, 2.75) is 6.42 Å². The van der Waals surface area contributed by atoms with Crippen LogP contribution in [-0.2, 0) is 0 Å². The first-order chi connectivity index (χ1) is 6.43. The van der Waals surface area contributed by atoms with Gasteiger partial charge in [-0.3, -0.25) is 0 Å². The molecule has 0 radical (unpaired) electrons. The minimum absolute atomic E-state index is 1.08. The van der Waals surface area contributed by atoms with Gasteiger partial charge in [0.25, 0.3) is 0 Å². The fraction of sp³-hybridized carbons (Fsp3) is 0.0769. The highest BCUT2D eigenvalue weighted by Crippen LogP contribution is 2.18. The standard InChI is InChI=1S/C13H10/c1-3-10-7-8-11-4-2-6-13(11)9-12(10)5-1/h1,3-9H,2H2. The van der Waals surface area contributed by atoms with Crippen molar-refractivity contribution in [3.05, 3.63) is 46.8 Å². The largest absolute Gasteiger partial charge is 0.0729 e. The molecule has 0 aliphatic heterocycles. The maximum atomic E-state index is 2.28. The Morgan fingerprint density at radius 1 is 0.769 bits per heavy atom. The van der Waals surface area contributed by atoms with Crippen molar-refractivity contribution in [1.29, 1.82) is 0 Å². The Balaban J connectivity index is 2.52. The van der Waals surface area contributed by atoms with Crippen LogP contribution in [-0.4, -0.2) is 0 Å². The van der Waals surface area contributed by atoms with Gasteiger partial charge < -0.3 is 0 Å². The molecule has 0 fully saturated rings. The van der Waals surface area contributed by atoms with Crippen molar-refractivity contribution in [3.63, 3.8) is 0 Å². The van der Waals surface area contributed by atoms with Gasteiger partial charge in [-0.05, 0) is 34.1 Å². The second-order valence-corrected chi connectivity index (χ2v) is 3.47. The molecule has 0 nitrogen and oxygen atoms in total. The molecule has 0 atom stereocenters. The Hall–Kier alpha value is -1.56. The summed E-state index contributed by atoms with van der Waals surface area (Å²) in [4.78, 5) is 0. The third-order valence-corrected chi connectivity index (χ3v) is 2.65. The molecule has 0 saturated carbocycles. The zero-order valence-electron chi connectivity index (χ0n) is 7.33. The van der Waals surface area contributed by atoms with Crippen LogP contribution in [0.25, 0.3) is 23.3 Å². The first kappa shape index (κ1) is 6.90. The molecular weight excluding hydrogens is 156 g/mol. The van der Waals surface area contributed by atoms with Crippen LogP contribution in [0.15, 0.2) is 36.4 Å². The SMILES string of the molecule is C1=c2ccc3cccc-3cc2=CC1. The molecular formula is C13H10. The van der Waals surface area contributed by atoms with Crippen LogP contribution < -0.4 is 10.4 Å². The number of fused-ring (bicyclic) bond motifs is 2. The van der Waals surface area contributed by atoms with Crippen LogP contribution in [0.3, 0.4) is 0 Å². The predicted molar refractivity (Wildman–Crippen MR) is 55.9 cm³/mol. The van der Waals surface area contributed by atoms with Gasteiger partial charge in [0.05, 0.1) is 0 Å². The van der Waals surface area contributed by atoms with E-state index in [4.69, 9.17) is 0 Å². The average molecular weight is 166 g/mol. The topological polar surface area (TPSA) is 0 Å². The normalized spacial score (nSPS) is 13.5. The van der Waals surface area contributed by atoms with Gasteiger partial charge in [0.15, 0.2) is 0 Å². The van der Waals surface area contributed by atoms with Gasteiger partial charge in [-0.2, -0.15) is 0 Å². The Bertz CT molecular complexity index is 535. The number of rotatable bonds is 0. The van der Waals surface area contributed by atoms with Crippen molar-refractivity contribution >= 4 is 12.2 Å². The zero-order chi connectivity index (χ0) is 8.67. The molecule has 0 heterocycles. The van der Waals surface area contributed by atoms with Gasteiger partial charge in [-0.1, -0.05) is 42.5 Å². The van der Waals surface area contributed by atoms with E-state index in [0.29, 0.717) is 0 Å². The molecule has 3 rings (SSSR count). The Morgan fingerprint density at radius 2 is 1.62 bits per heavy atom. The van der Waals surface area contributed by atoms with Crippen LogP contribution >= 0.6 is 0 Å². The van der Waals surface area contributed by atoms with Gasteiger partial charge in [-0.15, -0.1) is 0 Å². The van der Waals surface area contributed by atoms with Crippen molar-refractivity contribution in [1.82, 2.24) is 0 Å². The first-order valence-corrected chi connectivity index (χ1v) is 4.63. The van der Waals surface area contributed by atoms with Crippen LogP contribution in [0, 0.1) is 0 Å². The molecule has 0 unspecified atom stereocenters. The van der Waals surface area contributed by atoms with E-state index < -0.39 is 0 Å². The van der Waals surface area contributed by atoms with Crippen molar-refractivity contribution in [3.8, 4) is 11.1 Å². The van der Waals surface area contributed by atoms with Gasteiger partial charge in [0.2, 0.25) is 0 Å². The summed E-state index contributed by atoms with van der Waals surface area (Å²) in [7, 11) is 0. The third kappa shape index (κ3) is 0.988. The molecule has 0 aromatic carbocycles. The summed E-state index contributed by atoms with van der Waals surface area (Å²) in [6.07, 6.45) is 5.64. The van der Waals surface area contributed by atoms with Crippen molar-refractivity contribution < 1.29 is 0 Å². The second kappa shape index (κ2) is 2.46. The molecule has 0 aromatic rings. The summed E-state index contributed by atoms with van der Waals surface area (Å²) >= 11 is 0. The fourth-order valence-corrected chi connectivity index (χ4v) is 1.93. The maximum absolute atomic E-state index is 2.28. The van der Waals surface area contributed by atoms with Crippen LogP contribution in [0.1, 0.15) is 6.42 Å². The summed E-state index contributed by atoms with van der Waals surface area (Å²) in [5.74, 6) is 0. The average Bonchev–Trinajstić information content (AvgIpc) is 2.72. The number of hydrogen-bond donors (Lipinski definition) is 0. The lowest BCUT2D eigenvalue weighted by molar-refractivity contribution is 1.63. The van der Waals surface area contributed by atoms with E-state index in [1.807, 2.05) is 0 Å². The lowest BCUT2D eigenvalue weighted by Gasteiger charge is -1.87. The van der Waals surface area contributed by atoms with Gasteiger partial charge in [0, 0.05) is 0 Å². The fourth-order valence-electron chi connectivity index (χ4n) is 1.93. The Kier molecular flexibility index (Phi) is 1.31. The summed E-state index contributed by atoms with van der Waals surface area (Å²) < 4.78 is 0. The minimum Gasteiger partial charge on any atom is -0.0729 e. The summed E-state index contributed by atoms with van der Waals surface area (Å²) in [5, 5.41) is 2.75. The minimum atomic E-state index is 1.08. The molecule has 0 saturated heterocycles. The van der Waals surface area contributed by atoms with E-state index in [9.17, 15) is 0 Å². The lowest BCUT2D eigenvalue weighted by atomic mass is 10.2. The van der Waals surface area contributed by atoms with Crippen LogP contribution in [0.2, 0.25) is 0 Å². The molecule has 13 heavy (non-hydrogen) atoms. The van der Waals surface area contributed by atoms with Gasteiger partial charge in [-0.25, -0.2) is 0 Å². The van der Waals surface area contributed by atoms with Gasteiger partial charge in [0.1, 0.15) is 0 Å². The predicted octanol–water partition coefficient (Wildman–Crippen LogP) is 1.76. The summed E-state index contributed by atoms with van der Waals surface area (Å²) in [5.41, 5.74) is 2.67. The molecule has 0 bridgehead atoms. The highest BCUT2D eigenvalue weighted by atomic mass is 14.0. The summed E-state index contributed by atoms with van der Waals surface area (Å²) in [6, 6.07) is 13.1. The quantitative estimate of drug-likeness (QED) is 0.559. The lowest BCUT2D eigenvalue weighted by Crippen LogP contribution is -2.17. The third-order valence-electron chi connectivity index (χ3n) is 2.65. The molecule has 0 spiro atoms. The van der Waals surface area contributed by atoms with E-state index in [1.165, 1.54) is 21.6 Å². The van der Waals surface area contributed by atoms with Crippen LogP contribution in [0.5, 0.6) is 0 Å². The first-order valence-electron chi connectivity index (χ1n) is 4.63. The smallest absolute Gasteiger partial charge is 0.0151 e. The number of hydrogen-bond acceptors (Lipinski definition) is 0. The van der Waals surface area contributed by atoms with Gasteiger partial charge >= 0.3 is 0 Å². The molecule has 0 amide bonds. The molecule has 0 heteroatoms. The Labute approximate surface area is 77.2 Å². The molecule has 0 aromatic heterocycles. The van der Waals surface area contributed by atoms with E-state index in [2.05, 4.69) is 48.6 Å². The van der Waals surface area contributed by atoms with Crippen molar-refractivity contribution in [2.24, 2.45) is 0 Å². The molecule has 0 N–H and O–H groups in total. The van der Waals surface area contributed by atoms with E-state index >= 15 is 0 Å². The monoisotopic (exact) mass is 166 g/mol. The van der Waals surface area contributed by atoms with E-state index in [-0.39, 0.29) is 0 Å². The summed E-state index contributed by atoms with van der Waals surface area (Å²) in [6.45, 7) is 0. The highest BCUT2D eigenvalue weighted by molar-refractivity contribution is 5.67. The van der Waals surface area contributed by atoms with E-state index in [0.717, 1.165) is 6.42 Å². The van der Waals surface area contributed by atoms with Crippen LogP contribution in [0.4, 0.5) is 0 Å². The molecule has 3 aliphatic carbocycles. The van der Waals surface area contributed by atoms with E-state index in [1.54, 1.807) is 0 Å². The highest BCUT2D eigenvalue weighted by Gasteiger charge is 1.99. The molecule has 62 valence electrons. The zero-order valence-corrected chi connectivity index (χ0v) is 7.33.